The smallest absolute Gasteiger partial charge is 0.380 e. The van der Waals surface area contributed by atoms with Crippen LogP contribution in [0.3, 0.4) is 0 Å². The van der Waals surface area contributed by atoms with E-state index in [4.69, 9.17) is 0 Å². The van der Waals surface area contributed by atoms with Crippen molar-refractivity contribution in [1.29, 1.82) is 0 Å². The average molecular weight is 286 g/mol. The molecule has 6 heteroatoms. The largest absolute Gasteiger partial charge is 0.418 e. The third kappa shape index (κ3) is 5.02. The van der Waals surface area contributed by atoms with E-state index in [1.165, 1.54) is 0 Å². The van der Waals surface area contributed by atoms with Gasteiger partial charge in [0.05, 0.1) is 0 Å². The van der Waals surface area contributed by atoms with Crippen LogP contribution in [-0.2, 0) is 16.5 Å². The molecule has 16 heavy (non-hydrogen) atoms. The number of aliphatic hydroxyl groups is 1. The Kier molecular flexibility index (Phi) is 7.22. The summed E-state index contributed by atoms with van der Waals surface area (Å²) in [7, 11) is 0. The van der Waals surface area contributed by atoms with Gasteiger partial charge >= 0.3 is 6.18 Å². The van der Waals surface area contributed by atoms with Crippen LogP contribution in [0.25, 0.3) is 0 Å². The summed E-state index contributed by atoms with van der Waals surface area (Å²) in [4.78, 5) is 1.62. The fraction of sp³-hybridized carbons (Fsp3) is 1.00. The Balaban J connectivity index is 0. The van der Waals surface area contributed by atoms with Gasteiger partial charge in [0, 0.05) is 35.1 Å². The van der Waals surface area contributed by atoms with E-state index in [1.54, 1.807) is 4.90 Å². The molecule has 102 valence electrons. The Hall–Kier alpha value is 0.204. The van der Waals surface area contributed by atoms with Gasteiger partial charge in [-0.15, -0.1) is 0 Å². The molecule has 0 radical (unpaired) electrons. The molecule has 0 heterocycles. The van der Waals surface area contributed by atoms with E-state index in [2.05, 4.69) is 0 Å². The molecule has 0 fully saturated rings. The van der Waals surface area contributed by atoms with Crippen LogP contribution in [0.1, 0.15) is 34.6 Å². The molecule has 0 aliphatic rings. The standard InChI is InChI=1S/C10H20F3NO.Ni/c1-7(2)14(8(3)4)6-9(5,15)10(11,12)13;/h7-8,15H,6H2,1-5H3;. The molecular formula is C10H20F3NNiO. The second kappa shape index (κ2) is 6.22. The minimum absolute atomic E-state index is 0. The number of halogens is 3. The summed E-state index contributed by atoms with van der Waals surface area (Å²) in [5.74, 6) is 0. The second-order valence-electron chi connectivity index (χ2n) is 4.63. The molecule has 1 atom stereocenters. The Morgan fingerprint density at radius 1 is 1.06 bits per heavy atom. The molecule has 0 aromatic carbocycles. The van der Waals surface area contributed by atoms with Crippen LogP contribution in [-0.4, -0.2) is 40.4 Å². The summed E-state index contributed by atoms with van der Waals surface area (Å²) >= 11 is 0. The molecule has 0 rings (SSSR count). The van der Waals surface area contributed by atoms with E-state index < -0.39 is 18.3 Å². The molecule has 0 spiro atoms. The Morgan fingerprint density at radius 3 is 1.56 bits per heavy atom. The number of rotatable bonds is 4. The van der Waals surface area contributed by atoms with Gasteiger partial charge in [-0.25, -0.2) is 0 Å². The van der Waals surface area contributed by atoms with Gasteiger partial charge in [0.2, 0.25) is 0 Å². The molecule has 0 aromatic rings. The zero-order valence-corrected chi connectivity index (χ0v) is 11.2. The molecule has 1 N–H and O–H groups in total. The third-order valence-electron chi connectivity index (χ3n) is 2.43. The molecular weight excluding hydrogens is 266 g/mol. The van der Waals surface area contributed by atoms with Gasteiger partial charge in [-0.1, -0.05) is 0 Å². The van der Waals surface area contributed by atoms with Crippen molar-refractivity contribution in [2.24, 2.45) is 0 Å². The first-order valence-electron chi connectivity index (χ1n) is 5.04. The molecule has 0 saturated carbocycles. The number of nitrogens with zero attached hydrogens (tertiary/aromatic N) is 1. The molecule has 0 bridgehead atoms. The van der Waals surface area contributed by atoms with Crippen LogP contribution in [0.15, 0.2) is 0 Å². The molecule has 0 aromatic heterocycles. The van der Waals surface area contributed by atoms with Gasteiger partial charge in [-0.2, -0.15) is 13.2 Å². The first-order valence-corrected chi connectivity index (χ1v) is 5.04. The first-order chi connectivity index (χ1) is 6.49. The number of hydrogen-bond donors (Lipinski definition) is 1. The van der Waals surface area contributed by atoms with Crippen LogP contribution in [0.4, 0.5) is 13.2 Å². The van der Waals surface area contributed by atoms with E-state index in [-0.39, 0.29) is 28.6 Å². The van der Waals surface area contributed by atoms with Gasteiger partial charge in [0.15, 0.2) is 5.60 Å². The Labute approximate surface area is 105 Å². The summed E-state index contributed by atoms with van der Waals surface area (Å²) in [6.07, 6.45) is -4.59. The van der Waals surface area contributed by atoms with Crippen LogP contribution in [0, 0.1) is 0 Å². The normalized spacial score (nSPS) is 16.5. The summed E-state index contributed by atoms with van der Waals surface area (Å²) < 4.78 is 37.3. The predicted molar refractivity (Wildman–Crippen MR) is 53.7 cm³/mol. The molecule has 2 nitrogen and oxygen atoms in total. The molecule has 0 saturated heterocycles. The zero-order chi connectivity index (χ0) is 12.4. The summed E-state index contributed by atoms with van der Waals surface area (Å²) in [6.45, 7) is 7.66. The third-order valence-corrected chi connectivity index (χ3v) is 2.43. The van der Waals surface area contributed by atoms with E-state index >= 15 is 0 Å². The minimum Gasteiger partial charge on any atom is -0.380 e. The fourth-order valence-corrected chi connectivity index (χ4v) is 1.41. The maximum Gasteiger partial charge on any atom is 0.418 e. The van der Waals surface area contributed by atoms with Crippen molar-refractivity contribution in [1.82, 2.24) is 4.90 Å². The molecule has 0 aliphatic heterocycles. The quantitative estimate of drug-likeness (QED) is 0.802. The summed E-state index contributed by atoms with van der Waals surface area (Å²) in [5, 5.41) is 9.35. The monoisotopic (exact) mass is 285 g/mol. The van der Waals surface area contributed by atoms with E-state index in [0.29, 0.717) is 0 Å². The van der Waals surface area contributed by atoms with E-state index in [9.17, 15) is 18.3 Å². The predicted octanol–water partition coefficient (Wildman–Crippen LogP) is 2.42. The molecule has 0 aliphatic carbocycles. The zero-order valence-electron chi connectivity index (χ0n) is 10.2. The summed E-state index contributed by atoms with van der Waals surface area (Å²) in [6, 6.07) is -0.0577. The van der Waals surface area contributed by atoms with Crippen molar-refractivity contribution in [3.05, 3.63) is 0 Å². The number of hydrogen-bond acceptors (Lipinski definition) is 2. The van der Waals surface area contributed by atoms with Crippen LogP contribution >= 0.6 is 0 Å². The second-order valence-corrected chi connectivity index (χ2v) is 4.63. The van der Waals surface area contributed by atoms with Crippen molar-refractivity contribution in [3.8, 4) is 0 Å². The van der Waals surface area contributed by atoms with Crippen molar-refractivity contribution in [2.75, 3.05) is 6.54 Å². The molecule has 0 amide bonds. The Morgan fingerprint density at radius 2 is 1.38 bits per heavy atom. The van der Waals surface area contributed by atoms with E-state index in [1.807, 2.05) is 27.7 Å². The van der Waals surface area contributed by atoms with Gasteiger partial charge in [-0.3, -0.25) is 4.90 Å². The van der Waals surface area contributed by atoms with Crippen LogP contribution in [0.2, 0.25) is 0 Å². The van der Waals surface area contributed by atoms with Crippen molar-refractivity contribution < 1.29 is 34.8 Å². The van der Waals surface area contributed by atoms with Gasteiger partial charge in [0.1, 0.15) is 0 Å². The Bertz CT molecular complexity index is 197. The van der Waals surface area contributed by atoms with Gasteiger partial charge in [0.25, 0.3) is 0 Å². The maximum atomic E-state index is 12.4. The average Bonchev–Trinajstić information content (AvgIpc) is 1.96. The number of alkyl halides is 3. The SMILES string of the molecule is CC(C)N(CC(C)(O)C(F)(F)F)C(C)C.[Ni]. The topological polar surface area (TPSA) is 23.5 Å². The van der Waals surface area contributed by atoms with Gasteiger partial charge in [-0.05, 0) is 34.6 Å². The van der Waals surface area contributed by atoms with Crippen molar-refractivity contribution in [3.63, 3.8) is 0 Å². The first kappa shape index (κ1) is 18.6. The summed E-state index contributed by atoms with van der Waals surface area (Å²) in [5.41, 5.74) is -2.65. The fourth-order valence-electron chi connectivity index (χ4n) is 1.41. The maximum absolute atomic E-state index is 12.4. The van der Waals surface area contributed by atoms with Gasteiger partial charge < -0.3 is 5.11 Å². The van der Waals surface area contributed by atoms with Crippen molar-refractivity contribution >= 4 is 0 Å². The van der Waals surface area contributed by atoms with Crippen LogP contribution in [0.5, 0.6) is 0 Å². The van der Waals surface area contributed by atoms with Crippen molar-refractivity contribution in [2.45, 2.75) is 58.5 Å². The van der Waals surface area contributed by atoms with E-state index in [0.717, 1.165) is 6.92 Å². The van der Waals surface area contributed by atoms with Crippen LogP contribution < -0.4 is 0 Å². The minimum atomic E-state index is -4.59. The molecule has 1 unspecified atom stereocenters.